The van der Waals surface area contributed by atoms with E-state index in [-0.39, 0.29) is 5.82 Å². The fourth-order valence-corrected chi connectivity index (χ4v) is 1.16. The van der Waals surface area contributed by atoms with Gasteiger partial charge in [0.2, 0.25) is 0 Å². The first-order valence-electron chi connectivity index (χ1n) is 3.74. The lowest BCUT2D eigenvalue weighted by Gasteiger charge is -1.98. The Morgan fingerprint density at radius 2 is 2.23 bits per heavy atom. The fraction of sp³-hybridized carbons (Fsp3) is 0.100. The third-order valence-electron chi connectivity index (χ3n) is 1.48. The predicted octanol–water partition coefficient (Wildman–Crippen LogP) is 3.88. The van der Waals surface area contributed by atoms with Crippen LogP contribution in [0, 0.1) is 5.82 Å². The van der Waals surface area contributed by atoms with Crippen LogP contribution in [0.1, 0.15) is 12.5 Å². The molecule has 0 bridgehead atoms. The van der Waals surface area contributed by atoms with E-state index in [1.54, 1.807) is 31.2 Å². The molecule has 0 heterocycles. The van der Waals surface area contributed by atoms with Gasteiger partial charge in [-0.2, -0.15) is 0 Å². The maximum absolute atomic E-state index is 13.1. The van der Waals surface area contributed by atoms with Crippen molar-refractivity contribution in [3.63, 3.8) is 0 Å². The smallest absolute Gasteiger partial charge is 0.131 e. The van der Waals surface area contributed by atoms with Crippen molar-refractivity contribution in [1.82, 2.24) is 0 Å². The van der Waals surface area contributed by atoms with E-state index >= 15 is 0 Å². The van der Waals surface area contributed by atoms with Gasteiger partial charge in [-0.3, -0.25) is 0 Å². The third-order valence-corrected chi connectivity index (χ3v) is 1.95. The zero-order chi connectivity index (χ0) is 9.84. The molecule has 0 radical (unpaired) electrons. The van der Waals surface area contributed by atoms with Crippen LogP contribution in [0.2, 0.25) is 5.02 Å². The summed E-state index contributed by atoms with van der Waals surface area (Å²) in [5.41, 5.74) is 0.383. The first-order valence-corrected chi connectivity index (χ1v) is 4.52. The van der Waals surface area contributed by atoms with E-state index in [1.807, 2.05) is 0 Å². The molecule has 0 fully saturated rings. The number of hydrogen-bond donors (Lipinski definition) is 0. The van der Waals surface area contributed by atoms with Gasteiger partial charge in [-0.05, 0) is 31.2 Å². The normalized spacial score (nSPS) is 10.7. The molecule has 0 N–H and O–H groups in total. The Hall–Kier alpha value is -0.730. The second kappa shape index (κ2) is 4.49. The van der Waals surface area contributed by atoms with Crippen molar-refractivity contribution < 1.29 is 4.39 Å². The van der Waals surface area contributed by atoms with Gasteiger partial charge >= 0.3 is 0 Å². The molecular formula is C10H8ClFS. The van der Waals surface area contributed by atoms with Crippen molar-refractivity contribution in [1.29, 1.82) is 0 Å². The monoisotopic (exact) mass is 214 g/mol. The lowest BCUT2D eigenvalue weighted by molar-refractivity contribution is 0.625. The molecule has 0 spiro atoms. The molecule has 13 heavy (non-hydrogen) atoms. The van der Waals surface area contributed by atoms with Crippen LogP contribution in [0.5, 0.6) is 0 Å². The van der Waals surface area contributed by atoms with Gasteiger partial charge in [-0.25, -0.2) is 4.39 Å². The van der Waals surface area contributed by atoms with Crippen LogP contribution >= 0.6 is 23.8 Å². The average Bonchev–Trinajstić information content (AvgIpc) is 2.03. The minimum absolute atomic E-state index is 0.333. The van der Waals surface area contributed by atoms with E-state index in [1.165, 1.54) is 6.07 Å². The van der Waals surface area contributed by atoms with Gasteiger partial charge in [0.25, 0.3) is 0 Å². The van der Waals surface area contributed by atoms with Crippen molar-refractivity contribution in [2.75, 3.05) is 0 Å². The number of allylic oxidation sites excluding steroid dienone is 1. The topological polar surface area (TPSA) is 0 Å². The summed E-state index contributed by atoms with van der Waals surface area (Å²) < 4.78 is 13.1. The van der Waals surface area contributed by atoms with Gasteiger partial charge in [0.05, 0.1) is 5.02 Å². The van der Waals surface area contributed by atoms with Gasteiger partial charge in [-0.1, -0.05) is 29.9 Å². The molecule has 0 saturated heterocycles. The summed E-state index contributed by atoms with van der Waals surface area (Å²) in [6.45, 7) is 1.76. The molecule has 68 valence electrons. The van der Waals surface area contributed by atoms with Gasteiger partial charge in [-0.15, -0.1) is 0 Å². The van der Waals surface area contributed by atoms with Gasteiger partial charge in [0.15, 0.2) is 0 Å². The van der Waals surface area contributed by atoms with Gasteiger partial charge in [0.1, 0.15) is 5.82 Å². The molecule has 0 saturated carbocycles. The van der Waals surface area contributed by atoms with Crippen LogP contribution in [-0.2, 0) is 0 Å². The summed E-state index contributed by atoms with van der Waals surface area (Å²) in [6, 6.07) is 4.58. The van der Waals surface area contributed by atoms with Crippen LogP contribution in [0.4, 0.5) is 4.39 Å². The Morgan fingerprint density at radius 3 is 2.77 bits per heavy atom. The summed E-state index contributed by atoms with van der Waals surface area (Å²) in [5.74, 6) is -0.333. The van der Waals surface area contributed by atoms with E-state index in [2.05, 4.69) is 0 Å². The molecule has 1 rings (SSSR count). The highest BCUT2D eigenvalue weighted by atomic mass is 35.5. The van der Waals surface area contributed by atoms with Crippen LogP contribution in [0.15, 0.2) is 24.3 Å². The molecular weight excluding hydrogens is 207 g/mol. The second-order valence-electron chi connectivity index (χ2n) is 2.58. The predicted molar refractivity (Wildman–Crippen MR) is 58.7 cm³/mol. The number of benzene rings is 1. The zero-order valence-corrected chi connectivity index (χ0v) is 8.62. The summed E-state index contributed by atoms with van der Waals surface area (Å²) >= 11 is 10.6. The van der Waals surface area contributed by atoms with E-state index in [9.17, 15) is 4.39 Å². The summed E-state index contributed by atoms with van der Waals surface area (Å²) in [6.07, 6.45) is 3.24. The minimum atomic E-state index is -0.333. The molecule has 0 aliphatic heterocycles. The van der Waals surface area contributed by atoms with Crippen LogP contribution < -0.4 is 0 Å². The van der Waals surface area contributed by atoms with Gasteiger partial charge < -0.3 is 0 Å². The highest BCUT2D eigenvalue weighted by molar-refractivity contribution is 7.80. The maximum atomic E-state index is 13.1. The Morgan fingerprint density at radius 1 is 1.54 bits per heavy atom. The fourth-order valence-electron chi connectivity index (χ4n) is 0.871. The Labute approximate surface area is 87.0 Å². The molecule has 1 aromatic carbocycles. The van der Waals surface area contributed by atoms with E-state index < -0.39 is 0 Å². The molecule has 3 heteroatoms. The molecule has 0 unspecified atom stereocenters. The SMILES string of the molecule is CC(=S)/C=C/c1c(F)cccc1Cl. The van der Waals surface area contributed by atoms with E-state index in [4.69, 9.17) is 23.8 Å². The molecule has 1 aromatic rings. The Balaban J connectivity index is 3.06. The van der Waals surface area contributed by atoms with Crippen LogP contribution in [-0.4, -0.2) is 4.86 Å². The molecule has 0 aliphatic carbocycles. The average molecular weight is 215 g/mol. The second-order valence-corrected chi connectivity index (χ2v) is 3.63. The molecule has 0 amide bonds. The highest BCUT2D eigenvalue weighted by Gasteiger charge is 2.01. The molecule has 0 aliphatic rings. The summed E-state index contributed by atoms with van der Waals surface area (Å²) in [5, 5.41) is 0.396. The van der Waals surface area contributed by atoms with Crippen LogP contribution in [0.25, 0.3) is 6.08 Å². The van der Waals surface area contributed by atoms with Crippen molar-refractivity contribution in [2.24, 2.45) is 0 Å². The zero-order valence-electron chi connectivity index (χ0n) is 7.05. The van der Waals surface area contributed by atoms with Crippen molar-refractivity contribution in [3.05, 3.63) is 40.7 Å². The maximum Gasteiger partial charge on any atom is 0.131 e. The lowest BCUT2D eigenvalue weighted by atomic mass is 10.2. The number of rotatable bonds is 2. The largest absolute Gasteiger partial charge is 0.206 e. The first kappa shape index (κ1) is 10.4. The number of hydrogen-bond acceptors (Lipinski definition) is 1. The molecule has 0 atom stereocenters. The quantitative estimate of drug-likeness (QED) is 0.532. The van der Waals surface area contributed by atoms with Gasteiger partial charge in [0, 0.05) is 10.4 Å². The highest BCUT2D eigenvalue weighted by Crippen LogP contribution is 2.20. The van der Waals surface area contributed by atoms with E-state index in [0.29, 0.717) is 15.5 Å². The summed E-state index contributed by atoms with van der Waals surface area (Å²) in [4.78, 5) is 0.694. The summed E-state index contributed by atoms with van der Waals surface area (Å²) in [7, 11) is 0. The van der Waals surface area contributed by atoms with Crippen molar-refractivity contribution >= 4 is 34.8 Å². The van der Waals surface area contributed by atoms with E-state index in [0.717, 1.165) is 0 Å². The third kappa shape index (κ3) is 2.90. The Bertz CT molecular complexity index is 338. The molecule has 0 aromatic heterocycles. The first-order chi connectivity index (χ1) is 6.11. The standard InChI is InChI=1S/C10H8ClFS/c1-7(13)5-6-8-9(11)3-2-4-10(8)12/h2-6H,1H3/b6-5+. The number of halogens is 2. The van der Waals surface area contributed by atoms with Crippen molar-refractivity contribution in [2.45, 2.75) is 6.92 Å². The lowest BCUT2D eigenvalue weighted by Crippen LogP contribution is -1.84. The van der Waals surface area contributed by atoms with Crippen LogP contribution in [0.3, 0.4) is 0 Å². The Kier molecular flexibility index (Phi) is 3.58. The minimum Gasteiger partial charge on any atom is -0.206 e. The van der Waals surface area contributed by atoms with Crippen molar-refractivity contribution in [3.8, 4) is 0 Å². The molecule has 0 nitrogen and oxygen atoms in total. The number of thiocarbonyl (C=S) groups is 1.